The molecule has 0 N–H and O–H groups in total. The van der Waals surface area contributed by atoms with Crippen LogP contribution in [-0.4, -0.2) is 116 Å². The molecule has 2 amide bonds. The van der Waals surface area contributed by atoms with Gasteiger partial charge in [-0.25, -0.2) is 9.59 Å². The first kappa shape index (κ1) is 78.1. The van der Waals surface area contributed by atoms with Crippen molar-refractivity contribution >= 4 is 58.7 Å². The first-order valence-electron chi connectivity index (χ1n) is 34.4. The molecule has 0 unspecified atom stereocenters. The Morgan fingerprint density at radius 1 is 0.466 bits per heavy atom. The fourth-order valence-corrected chi connectivity index (χ4v) is 23.9. The van der Waals surface area contributed by atoms with Crippen molar-refractivity contribution in [1.82, 2.24) is 14.1 Å². The molecule has 6 aliphatic carbocycles. The standard InChI is InChI=1S/C19H23NO3.2C18H33P.C14H22N2O5S.C2H6.2ClH.Ni/c1-5-20(6-2)19(21)23-18-12-9-16(13-14(18)3)15-7-10-17(22-4)11-8-15;2*1-4-10-16(11-5-1)19(17-12-6-2-7-13-17)18-14-8-3-9-15-18;1-6-16(7-2)14(17)20-13-9-8-12(10-11(13)3)21-22(18,19)15(4)5;1-2;;;/h7-13H,5-6H2,1-4H3;2*16-18H,1-15H2;8-10H,6-7H2,1-5H3;1-2H3;2*1H;/q;;;;;;;+2/p-2. The van der Waals surface area contributed by atoms with E-state index in [2.05, 4.69) is 0 Å². The third-order valence-electron chi connectivity index (χ3n) is 18.8. The van der Waals surface area contributed by atoms with Crippen molar-refractivity contribution in [3.63, 3.8) is 0 Å². The van der Waals surface area contributed by atoms with Crippen LogP contribution in [-0.2, 0) is 23.0 Å². The van der Waals surface area contributed by atoms with E-state index in [1.807, 2.05) is 90.9 Å². The van der Waals surface area contributed by atoms with E-state index in [0.29, 0.717) is 71.7 Å². The molecule has 3 aromatic rings. The summed E-state index contributed by atoms with van der Waals surface area (Å²) in [5.74, 6) is 1.95. The monoisotopic (exact) mass is 1360 g/mol. The van der Waals surface area contributed by atoms with Crippen LogP contribution in [0.1, 0.15) is 245 Å². The number of hydrogen-bond donors (Lipinski definition) is 0. The Bertz CT molecular complexity index is 2330. The molecule has 0 bridgehead atoms. The van der Waals surface area contributed by atoms with E-state index < -0.39 is 16.4 Å². The topological polar surface area (TPSA) is 115 Å². The molecule has 0 spiro atoms. The molecule has 0 heterocycles. The Labute approximate surface area is 553 Å². The molecule has 0 atom stereocenters. The van der Waals surface area contributed by atoms with Gasteiger partial charge in [0.2, 0.25) is 0 Å². The number of aryl methyl sites for hydroxylation is 2. The molecule has 9 rings (SSSR count). The number of ether oxygens (including phenoxy) is 3. The molecule has 0 aliphatic heterocycles. The molecule has 17 heteroatoms. The van der Waals surface area contributed by atoms with Crippen LogP contribution in [0.15, 0.2) is 60.7 Å². The van der Waals surface area contributed by atoms with Gasteiger partial charge in [0.1, 0.15) is 23.0 Å². The van der Waals surface area contributed by atoms with E-state index >= 15 is 0 Å². The van der Waals surface area contributed by atoms with Gasteiger partial charge in [0, 0.05) is 40.3 Å². The molecule has 0 saturated heterocycles. The minimum atomic E-state index is -3.81. The number of methoxy groups -OCH3 is 1. The normalized spacial score (nSPS) is 18.3. The van der Waals surface area contributed by atoms with Crippen LogP contribution >= 0.6 is 36.2 Å². The zero-order valence-electron chi connectivity index (χ0n) is 56.3. The van der Waals surface area contributed by atoms with Crippen LogP contribution in [0.2, 0.25) is 0 Å². The Hall–Kier alpha value is -2.36. The van der Waals surface area contributed by atoms with Gasteiger partial charge in [-0.15, -0.1) is 0 Å². The first-order valence-corrected chi connectivity index (χ1v) is 41.6. The molecule has 88 heavy (non-hydrogen) atoms. The zero-order chi connectivity index (χ0) is 64.3. The van der Waals surface area contributed by atoms with E-state index in [1.54, 1.807) is 178 Å². The van der Waals surface area contributed by atoms with Crippen LogP contribution in [0.4, 0.5) is 9.59 Å². The van der Waals surface area contributed by atoms with Gasteiger partial charge in [-0.1, -0.05) is 163 Å². The van der Waals surface area contributed by atoms with E-state index in [0.717, 1.165) is 26.7 Å². The fourth-order valence-electron chi connectivity index (χ4n) is 14.1. The maximum absolute atomic E-state index is 12.0. The van der Waals surface area contributed by atoms with Crippen LogP contribution in [0.25, 0.3) is 11.1 Å². The summed E-state index contributed by atoms with van der Waals surface area (Å²) in [5.41, 5.74) is 10.8. The summed E-state index contributed by atoms with van der Waals surface area (Å²) >= 11 is 0.569. The van der Waals surface area contributed by atoms with Gasteiger partial charge in [0.25, 0.3) is 0 Å². The van der Waals surface area contributed by atoms with Gasteiger partial charge >= 0.3 is 55.5 Å². The summed E-state index contributed by atoms with van der Waals surface area (Å²) in [6, 6.07) is 18.2. The zero-order valence-corrected chi connectivity index (χ0v) is 61.4. The van der Waals surface area contributed by atoms with Crippen LogP contribution in [0, 0.1) is 13.8 Å². The van der Waals surface area contributed by atoms with E-state index in [9.17, 15) is 18.0 Å². The molecule has 11 nitrogen and oxygen atoms in total. The Kier molecular flexibility index (Phi) is 39.3. The number of rotatable bonds is 17. The maximum atomic E-state index is 12.0. The Morgan fingerprint density at radius 3 is 1.00 bits per heavy atom. The van der Waals surface area contributed by atoms with Crippen molar-refractivity contribution in [3.05, 3.63) is 71.8 Å². The van der Waals surface area contributed by atoms with Gasteiger partial charge in [-0.3, -0.25) is 0 Å². The summed E-state index contributed by atoms with van der Waals surface area (Å²) in [6.07, 6.45) is 46.5. The van der Waals surface area contributed by atoms with E-state index in [-0.39, 0.29) is 11.8 Å². The summed E-state index contributed by atoms with van der Waals surface area (Å²) in [5, 5.41) is 0. The summed E-state index contributed by atoms with van der Waals surface area (Å²) in [7, 11) is 10.8. The van der Waals surface area contributed by atoms with Gasteiger partial charge in [0.15, 0.2) is 0 Å². The molecular formula is C71H117Cl2N3NiO8P2S. The van der Waals surface area contributed by atoms with Crippen molar-refractivity contribution in [1.29, 1.82) is 0 Å². The fraction of sp³-hybridized carbons (Fsp3) is 0.718. The van der Waals surface area contributed by atoms with Gasteiger partial charge in [-0.2, -0.15) is 12.7 Å². The average Bonchev–Trinajstić information content (AvgIpc) is 3.57. The minimum absolute atomic E-state index is 0.161. The number of carbonyl (C=O) groups excluding carboxylic acids is 2. The number of halogens is 2. The van der Waals surface area contributed by atoms with Crippen molar-refractivity contribution in [3.8, 4) is 34.1 Å². The first-order chi connectivity index (χ1) is 42.6. The quantitative estimate of drug-likeness (QED) is 0.0970. The molecular weight excluding hydrogens is 1250 g/mol. The van der Waals surface area contributed by atoms with Crippen LogP contribution < -0.4 is 18.4 Å². The number of benzene rings is 3. The molecule has 6 aliphatic rings. The van der Waals surface area contributed by atoms with Gasteiger partial charge in [-0.05, 0) is 217 Å². The second-order valence-corrected chi connectivity index (χ2v) is 34.3. The SMILES string of the molecule is C1CCC(P(C2CCCCC2)C2CCCCC2)CC1.C1CCC(P(C2CCCCC2)C2CCCCC2)CC1.CC.CCN(CC)C(=O)Oc1ccc(-c2ccc(OC)cc2)cc1C.CCN(CC)C(=O)Oc1ccc(OS(=O)(=O)N(C)C)cc1C.[Cl][Ni][Cl]. The van der Waals surface area contributed by atoms with Gasteiger partial charge < -0.3 is 28.2 Å². The molecule has 6 saturated carbocycles. The van der Waals surface area contributed by atoms with Crippen molar-refractivity contribution in [2.75, 3.05) is 47.4 Å². The number of carbonyl (C=O) groups is 2. The summed E-state index contributed by atoms with van der Waals surface area (Å²) in [4.78, 5) is 27.1. The predicted molar refractivity (Wildman–Crippen MR) is 374 cm³/mol. The second kappa shape index (κ2) is 44.3. The molecule has 0 radical (unpaired) electrons. The molecule has 504 valence electrons. The second-order valence-electron chi connectivity index (χ2n) is 24.7. The van der Waals surface area contributed by atoms with E-state index in [1.165, 1.54) is 105 Å². The Balaban J connectivity index is 0.000000245. The Morgan fingerprint density at radius 2 is 0.739 bits per heavy atom. The number of hydrogen-bond acceptors (Lipinski definition) is 8. The van der Waals surface area contributed by atoms with Crippen molar-refractivity contribution in [2.45, 2.75) is 282 Å². The number of amides is 2. The summed E-state index contributed by atoms with van der Waals surface area (Å²) in [6.45, 7) is 17.6. The molecule has 6 fully saturated rings. The predicted octanol–water partition coefficient (Wildman–Crippen LogP) is 21.9. The summed E-state index contributed by atoms with van der Waals surface area (Å²) < 4.78 is 45.2. The molecule has 3 aromatic carbocycles. The number of nitrogens with zero attached hydrogens (tertiary/aromatic N) is 3. The van der Waals surface area contributed by atoms with Gasteiger partial charge in [0.05, 0.1) is 7.11 Å². The third kappa shape index (κ3) is 26.6. The molecule has 0 aromatic heterocycles. The van der Waals surface area contributed by atoms with Crippen molar-refractivity contribution in [2.24, 2.45) is 0 Å². The third-order valence-corrected chi connectivity index (χ3v) is 28.3. The van der Waals surface area contributed by atoms with Crippen molar-refractivity contribution < 1.29 is 49.1 Å². The van der Waals surface area contributed by atoms with Crippen LogP contribution in [0.5, 0.6) is 23.0 Å². The van der Waals surface area contributed by atoms with E-state index in [4.69, 9.17) is 38.8 Å². The average molecular weight is 1360 g/mol. The van der Waals surface area contributed by atoms with Crippen LogP contribution in [0.3, 0.4) is 0 Å².